The van der Waals surface area contributed by atoms with Crippen molar-refractivity contribution in [2.24, 2.45) is 5.92 Å². The van der Waals surface area contributed by atoms with E-state index >= 15 is 0 Å². The molecule has 25 heavy (non-hydrogen) atoms. The van der Waals surface area contributed by atoms with Crippen molar-refractivity contribution in [2.45, 2.75) is 12.8 Å². The lowest BCUT2D eigenvalue weighted by molar-refractivity contribution is -0.384. The largest absolute Gasteiger partial charge is 0.366 e. The summed E-state index contributed by atoms with van der Waals surface area (Å²) in [5.41, 5.74) is 1.44. The number of hydrogen-bond donors (Lipinski definition) is 1. The molecule has 0 unspecified atom stereocenters. The average Bonchev–Trinajstić information content (AvgIpc) is 2.63. The fourth-order valence-electron chi connectivity index (χ4n) is 3.05. The predicted octanol–water partition coefficient (Wildman–Crippen LogP) is 4.10. The van der Waals surface area contributed by atoms with Crippen LogP contribution in [-0.2, 0) is 4.79 Å². The van der Waals surface area contributed by atoms with Crippen molar-refractivity contribution in [1.29, 1.82) is 0 Å². The maximum absolute atomic E-state index is 12.4. The summed E-state index contributed by atoms with van der Waals surface area (Å²) in [5.74, 6) is -0.126. The van der Waals surface area contributed by atoms with E-state index in [1.165, 1.54) is 6.07 Å². The molecule has 1 amide bonds. The van der Waals surface area contributed by atoms with Crippen LogP contribution in [0.4, 0.5) is 17.1 Å². The second kappa shape index (κ2) is 7.53. The Labute approximate surface area is 150 Å². The van der Waals surface area contributed by atoms with Gasteiger partial charge in [0.2, 0.25) is 5.91 Å². The molecule has 1 saturated heterocycles. The van der Waals surface area contributed by atoms with Crippen LogP contribution < -0.4 is 10.2 Å². The quantitative estimate of drug-likeness (QED) is 0.658. The van der Waals surface area contributed by atoms with Crippen molar-refractivity contribution in [2.75, 3.05) is 23.3 Å². The van der Waals surface area contributed by atoms with Gasteiger partial charge in [-0.15, -0.1) is 0 Å². The van der Waals surface area contributed by atoms with Crippen LogP contribution in [0.3, 0.4) is 0 Å². The van der Waals surface area contributed by atoms with Gasteiger partial charge in [-0.05, 0) is 43.2 Å². The maximum atomic E-state index is 12.4. The van der Waals surface area contributed by atoms with E-state index in [-0.39, 0.29) is 22.4 Å². The number of hydrogen-bond acceptors (Lipinski definition) is 4. The van der Waals surface area contributed by atoms with Gasteiger partial charge in [0.05, 0.1) is 4.92 Å². The minimum atomic E-state index is -0.366. The molecular weight excluding hydrogens is 342 g/mol. The number of nitrogens with zero attached hydrogens (tertiary/aromatic N) is 2. The first-order valence-electron chi connectivity index (χ1n) is 8.09. The number of halogens is 1. The van der Waals surface area contributed by atoms with E-state index in [0.717, 1.165) is 5.69 Å². The number of nitro groups is 1. The zero-order valence-electron chi connectivity index (χ0n) is 13.5. The lowest BCUT2D eigenvalue weighted by Gasteiger charge is -2.32. The highest BCUT2D eigenvalue weighted by molar-refractivity contribution is 6.30. The molecule has 2 aromatic rings. The van der Waals surface area contributed by atoms with E-state index in [4.69, 9.17) is 11.6 Å². The molecule has 0 atom stereocenters. The van der Waals surface area contributed by atoms with Gasteiger partial charge in [-0.3, -0.25) is 14.9 Å². The second-order valence-corrected chi connectivity index (χ2v) is 6.44. The lowest BCUT2D eigenvalue weighted by Crippen LogP contribution is -2.38. The molecule has 2 aromatic carbocycles. The van der Waals surface area contributed by atoms with Crippen LogP contribution in [0.5, 0.6) is 0 Å². The molecule has 7 heteroatoms. The van der Waals surface area contributed by atoms with Crippen molar-refractivity contribution in [1.82, 2.24) is 0 Å². The second-order valence-electron chi connectivity index (χ2n) is 6.00. The first-order valence-corrected chi connectivity index (χ1v) is 8.47. The molecule has 1 aliphatic rings. The van der Waals surface area contributed by atoms with Crippen LogP contribution in [0.2, 0.25) is 5.02 Å². The van der Waals surface area contributed by atoms with E-state index in [2.05, 4.69) is 5.32 Å². The molecule has 1 aliphatic heterocycles. The topological polar surface area (TPSA) is 75.5 Å². The Morgan fingerprint density at radius 1 is 1.12 bits per heavy atom. The van der Waals surface area contributed by atoms with Gasteiger partial charge in [0.15, 0.2) is 0 Å². The van der Waals surface area contributed by atoms with Crippen molar-refractivity contribution in [3.05, 3.63) is 63.7 Å². The van der Waals surface area contributed by atoms with Gasteiger partial charge in [0.25, 0.3) is 5.69 Å². The van der Waals surface area contributed by atoms with Crippen molar-refractivity contribution < 1.29 is 9.72 Å². The summed E-state index contributed by atoms with van der Waals surface area (Å²) in [4.78, 5) is 25.2. The van der Waals surface area contributed by atoms with Crippen molar-refractivity contribution >= 4 is 34.6 Å². The summed E-state index contributed by atoms with van der Waals surface area (Å²) in [6.45, 7) is 1.23. The zero-order chi connectivity index (χ0) is 17.8. The molecule has 0 saturated carbocycles. The molecule has 0 radical (unpaired) electrons. The summed E-state index contributed by atoms with van der Waals surface area (Å²) in [7, 11) is 0. The number of rotatable bonds is 4. The van der Waals surface area contributed by atoms with Crippen LogP contribution in [-0.4, -0.2) is 23.9 Å². The summed E-state index contributed by atoms with van der Waals surface area (Å²) in [6.07, 6.45) is 1.32. The number of anilines is 2. The minimum Gasteiger partial charge on any atom is -0.366 e. The monoisotopic (exact) mass is 359 g/mol. The molecule has 1 N–H and O–H groups in total. The highest BCUT2D eigenvalue weighted by atomic mass is 35.5. The number of amides is 1. The van der Waals surface area contributed by atoms with Gasteiger partial charge in [-0.1, -0.05) is 23.7 Å². The van der Waals surface area contributed by atoms with Crippen LogP contribution in [0.1, 0.15) is 12.8 Å². The maximum Gasteiger partial charge on any atom is 0.292 e. The Kier molecular flexibility index (Phi) is 5.19. The fourth-order valence-corrected chi connectivity index (χ4v) is 3.17. The number of para-hydroxylation sites is 2. The van der Waals surface area contributed by atoms with Gasteiger partial charge in [0.1, 0.15) is 5.69 Å². The molecule has 3 rings (SSSR count). The normalized spacial score (nSPS) is 15.0. The Morgan fingerprint density at radius 3 is 2.40 bits per heavy atom. The number of piperidine rings is 1. The first kappa shape index (κ1) is 17.2. The molecule has 1 heterocycles. The minimum absolute atomic E-state index is 0.0236. The molecule has 0 spiro atoms. The summed E-state index contributed by atoms with van der Waals surface area (Å²) in [6, 6.07) is 13.7. The fraction of sp³-hybridized carbons (Fsp3) is 0.278. The average molecular weight is 360 g/mol. The Balaban J connectivity index is 1.61. The zero-order valence-corrected chi connectivity index (χ0v) is 14.3. The third-order valence-electron chi connectivity index (χ3n) is 4.40. The number of nitro benzene ring substituents is 1. The van der Waals surface area contributed by atoms with Crippen LogP contribution in [0, 0.1) is 16.0 Å². The molecular formula is C18H18ClN3O3. The number of carbonyl (C=O) groups excluding carboxylic acids is 1. The van der Waals surface area contributed by atoms with Gasteiger partial charge in [-0.2, -0.15) is 0 Å². The molecule has 0 aromatic heterocycles. The van der Waals surface area contributed by atoms with Crippen LogP contribution in [0.25, 0.3) is 0 Å². The van der Waals surface area contributed by atoms with Crippen LogP contribution >= 0.6 is 11.6 Å². The van der Waals surface area contributed by atoms with Gasteiger partial charge >= 0.3 is 0 Å². The predicted molar refractivity (Wildman–Crippen MR) is 98.1 cm³/mol. The first-order chi connectivity index (χ1) is 12.0. The summed E-state index contributed by atoms with van der Waals surface area (Å²) < 4.78 is 0. The molecule has 0 bridgehead atoms. The standard InChI is InChI=1S/C18H18ClN3O3/c19-14-5-7-15(8-6-14)20-18(23)13-9-11-21(12-10-13)16-3-1-2-4-17(16)22(24)25/h1-8,13H,9-12H2,(H,20,23). The third kappa shape index (κ3) is 4.09. The Morgan fingerprint density at radius 2 is 1.76 bits per heavy atom. The summed E-state index contributed by atoms with van der Waals surface area (Å²) >= 11 is 5.84. The third-order valence-corrected chi connectivity index (χ3v) is 4.65. The number of benzene rings is 2. The van der Waals surface area contributed by atoms with E-state index in [9.17, 15) is 14.9 Å². The van der Waals surface area contributed by atoms with Gasteiger partial charge in [-0.25, -0.2) is 0 Å². The van der Waals surface area contributed by atoms with E-state index in [1.807, 2.05) is 4.90 Å². The van der Waals surface area contributed by atoms with E-state index < -0.39 is 0 Å². The smallest absolute Gasteiger partial charge is 0.292 e. The Hall–Kier alpha value is -2.60. The SMILES string of the molecule is O=C(Nc1ccc(Cl)cc1)C1CCN(c2ccccc2[N+](=O)[O-])CC1. The Bertz CT molecular complexity index is 771. The number of nitrogens with one attached hydrogen (secondary N) is 1. The molecule has 1 fully saturated rings. The highest BCUT2D eigenvalue weighted by Crippen LogP contribution is 2.31. The summed E-state index contributed by atoms with van der Waals surface area (Å²) in [5, 5.41) is 14.7. The van der Waals surface area contributed by atoms with Crippen LogP contribution in [0.15, 0.2) is 48.5 Å². The van der Waals surface area contributed by atoms with Gasteiger partial charge in [0, 0.05) is 35.8 Å². The molecule has 130 valence electrons. The van der Waals surface area contributed by atoms with E-state index in [1.54, 1.807) is 42.5 Å². The van der Waals surface area contributed by atoms with Gasteiger partial charge < -0.3 is 10.2 Å². The molecule has 6 nitrogen and oxygen atoms in total. The van der Waals surface area contributed by atoms with Crippen molar-refractivity contribution in [3.8, 4) is 0 Å². The van der Waals surface area contributed by atoms with E-state index in [0.29, 0.717) is 36.6 Å². The van der Waals surface area contributed by atoms with Crippen molar-refractivity contribution in [3.63, 3.8) is 0 Å². The molecule has 0 aliphatic carbocycles. The number of carbonyl (C=O) groups is 1. The highest BCUT2D eigenvalue weighted by Gasteiger charge is 2.28. The lowest BCUT2D eigenvalue weighted by atomic mass is 9.95.